The second-order valence-corrected chi connectivity index (χ2v) is 2.85. The highest BCUT2D eigenvalue weighted by molar-refractivity contribution is 5.78. The molecule has 1 rings (SSSR count). The molecule has 6 nitrogen and oxygen atoms in total. The van der Waals surface area contributed by atoms with Gasteiger partial charge in [0.1, 0.15) is 5.82 Å². The number of hydrazine groups is 1. The second kappa shape index (κ2) is 5.23. The van der Waals surface area contributed by atoms with E-state index in [1.165, 1.54) is 0 Å². The number of nitrogens with zero attached hydrogens (tertiary/aromatic N) is 3. The second-order valence-electron chi connectivity index (χ2n) is 2.85. The van der Waals surface area contributed by atoms with Gasteiger partial charge < -0.3 is 9.88 Å². The number of aryl methyl sites for hydroxylation is 1. The van der Waals surface area contributed by atoms with E-state index in [2.05, 4.69) is 20.7 Å². The largest absolute Gasteiger partial charge is 0.355 e. The molecule has 4 N–H and O–H groups in total. The Morgan fingerprint density at radius 3 is 3.00 bits per heavy atom. The van der Waals surface area contributed by atoms with E-state index in [9.17, 15) is 0 Å². The van der Waals surface area contributed by atoms with Crippen molar-refractivity contribution in [2.45, 2.75) is 6.42 Å². The summed E-state index contributed by atoms with van der Waals surface area (Å²) in [6, 6.07) is 0. The number of guanidine groups is 1. The average Bonchev–Trinajstić information content (AvgIpc) is 2.59. The number of imidazole rings is 1. The van der Waals surface area contributed by atoms with E-state index in [0.29, 0.717) is 5.96 Å². The minimum absolute atomic E-state index is 0.583. The molecule has 0 aliphatic rings. The van der Waals surface area contributed by atoms with Gasteiger partial charge in [-0.15, -0.1) is 0 Å². The third-order valence-corrected chi connectivity index (χ3v) is 1.92. The molecular weight excluding hydrogens is 180 g/mol. The van der Waals surface area contributed by atoms with Crippen LogP contribution in [0.1, 0.15) is 5.82 Å². The fraction of sp³-hybridized carbons (Fsp3) is 0.500. The normalized spacial score (nSPS) is 11.5. The third-order valence-electron chi connectivity index (χ3n) is 1.92. The van der Waals surface area contributed by atoms with Crippen LogP contribution in [0.5, 0.6) is 0 Å². The summed E-state index contributed by atoms with van der Waals surface area (Å²) in [4.78, 5) is 8.09. The summed E-state index contributed by atoms with van der Waals surface area (Å²) >= 11 is 0. The van der Waals surface area contributed by atoms with E-state index in [4.69, 9.17) is 5.84 Å². The molecule has 0 aromatic carbocycles. The van der Waals surface area contributed by atoms with Crippen molar-refractivity contribution >= 4 is 5.96 Å². The zero-order valence-electron chi connectivity index (χ0n) is 8.49. The van der Waals surface area contributed by atoms with Gasteiger partial charge in [-0.05, 0) is 0 Å². The number of hydrogen-bond donors (Lipinski definition) is 3. The summed E-state index contributed by atoms with van der Waals surface area (Å²) in [6.07, 6.45) is 4.54. The number of rotatable bonds is 3. The fourth-order valence-electron chi connectivity index (χ4n) is 1.12. The lowest BCUT2D eigenvalue weighted by Crippen LogP contribution is -2.42. The first kappa shape index (κ1) is 10.5. The van der Waals surface area contributed by atoms with Crippen molar-refractivity contribution < 1.29 is 0 Å². The molecule has 0 unspecified atom stereocenters. The zero-order chi connectivity index (χ0) is 10.4. The number of aliphatic imine (C=N–C) groups is 1. The van der Waals surface area contributed by atoms with E-state index < -0.39 is 0 Å². The first-order valence-electron chi connectivity index (χ1n) is 4.41. The van der Waals surface area contributed by atoms with Crippen molar-refractivity contribution in [3.63, 3.8) is 0 Å². The van der Waals surface area contributed by atoms with Crippen LogP contribution in [0.15, 0.2) is 17.4 Å². The number of nitrogens with two attached hydrogens (primary N) is 1. The first-order chi connectivity index (χ1) is 6.77. The molecule has 0 aliphatic heterocycles. The quantitative estimate of drug-likeness (QED) is 0.251. The molecule has 0 radical (unpaired) electrons. The molecule has 14 heavy (non-hydrogen) atoms. The molecule has 0 aliphatic carbocycles. The van der Waals surface area contributed by atoms with Gasteiger partial charge in [0.2, 0.25) is 5.96 Å². The Balaban J connectivity index is 2.32. The van der Waals surface area contributed by atoms with E-state index in [0.717, 1.165) is 18.8 Å². The lowest BCUT2D eigenvalue weighted by Gasteiger charge is -2.07. The lowest BCUT2D eigenvalue weighted by atomic mass is 10.4. The van der Waals surface area contributed by atoms with Gasteiger partial charge in [-0.1, -0.05) is 0 Å². The Morgan fingerprint density at radius 1 is 1.71 bits per heavy atom. The minimum atomic E-state index is 0.583. The van der Waals surface area contributed by atoms with Gasteiger partial charge in [0.15, 0.2) is 0 Å². The van der Waals surface area contributed by atoms with Crippen LogP contribution in [-0.2, 0) is 13.5 Å². The Kier molecular flexibility index (Phi) is 3.93. The monoisotopic (exact) mass is 196 g/mol. The van der Waals surface area contributed by atoms with Gasteiger partial charge in [-0.25, -0.2) is 10.8 Å². The molecule has 0 amide bonds. The molecular formula is C8H16N6. The van der Waals surface area contributed by atoms with E-state index >= 15 is 0 Å². The van der Waals surface area contributed by atoms with Crippen LogP contribution in [0.2, 0.25) is 0 Å². The summed E-state index contributed by atoms with van der Waals surface area (Å²) in [5.74, 6) is 6.82. The molecule has 0 bridgehead atoms. The Bertz CT molecular complexity index is 303. The maximum absolute atomic E-state index is 5.21. The average molecular weight is 196 g/mol. The van der Waals surface area contributed by atoms with Crippen molar-refractivity contribution in [2.24, 2.45) is 17.9 Å². The zero-order valence-corrected chi connectivity index (χ0v) is 8.49. The minimum Gasteiger partial charge on any atom is -0.355 e. The highest BCUT2D eigenvalue weighted by Crippen LogP contribution is 1.93. The van der Waals surface area contributed by atoms with Crippen LogP contribution in [0.25, 0.3) is 0 Å². The third kappa shape index (κ3) is 2.74. The van der Waals surface area contributed by atoms with Gasteiger partial charge in [-0.2, -0.15) is 0 Å². The smallest absolute Gasteiger partial charge is 0.205 e. The van der Waals surface area contributed by atoms with E-state index in [1.807, 2.05) is 17.8 Å². The number of hydrogen-bond acceptors (Lipinski definition) is 3. The number of aromatic nitrogens is 2. The predicted molar refractivity (Wildman–Crippen MR) is 55.6 cm³/mol. The van der Waals surface area contributed by atoms with Crippen LogP contribution in [0.3, 0.4) is 0 Å². The Morgan fingerprint density at radius 2 is 2.50 bits per heavy atom. The molecule has 6 heteroatoms. The number of nitrogens with one attached hydrogen (secondary N) is 2. The topological polar surface area (TPSA) is 80.3 Å². The molecule has 1 aromatic heterocycles. The first-order valence-corrected chi connectivity index (χ1v) is 4.41. The summed E-state index contributed by atoms with van der Waals surface area (Å²) in [5, 5.41) is 3.05. The molecule has 1 aromatic rings. The molecule has 0 saturated heterocycles. The van der Waals surface area contributed by atoms with Crippen molar-refractivity contribution in [1.29, 1.82) is 0 Å². The van der Waals surface area contributed by atoms with Crippen LogP contribution >= 0.6 is 0 Å². The van der Waals surface area contributed by atoms with Crippen LogP contribution in [-0.4, -0.2) is 29.1 Å². The Labute approximate surface area is 83.2 Å². The van der Waals surface area contributed by atoms with E-state index in [1.54, 1.807) is 13.2 Å². The van der Waals surface area contributed by atoms with Crippen molar-refractivity contribution in [1.82, 2.24) is 20.3 Å². The van der Waals surface area contributed by atoms with Crippen LogP contribution in [0.4, 0.5) is 0 Å². The van der Waals surface area contributed by atoms with Gasteiger partial charge in [-0.3, -0.25) is 10.4 Å². The van der Waals surface area contributed by atoms with Gasteiger partial charge in [0.25, 0.3) is 0 Å². The highest BCUT2D eigenvalue weighted by Gasteiger charge is 1.99. The van der Waals surface area contributed by atoms with Gasteiger partial charge >= 0.3 is 0 Å². The molecule has 0 atom stereocenters. The molecule has 0 spiro atoms. The van der Waals surface area contributed by atoms with E-state index in [-0.39, 0.29) is 0 Å². The molecule has 1 heterocycles. The summed E-state index contributed by atoms with van der Waals surface area (Å²) in [5.41, 5.74) is 2.46. The molecule has 0 saturated carbocycles. The fourth-order valence-corrected chi connectivity index (χ4v) is 1.12. The summed E-state index contributed by atoms with van der Waals surface area (Å²) < 4.78 is 1.99. The molecule has 78 valence electrons. The lowest BCUT2D eigenvalue weighted by molar-refractivity contribution is 0.736. The summed E-state index contributed by atoms with van der Waals surface area (Å²) in [6.45, 7) is 0.752. The Hall–Kier alpha value is -1.56. The van der Waals surface area contributed by atoms with Crippen LogP contribution < -0.4 is 16.6 Å². The van der Waals surface area contributed by atoms with Gasteiger partial charge in [0, 0.05) is 39.5 Å². The molecule has 0 fully saturated rings. The van der Waals surface area contributed by atoms with Crippen LogP contribution in [0, 0.1) is 0 Å². The van der Waals surface area contributed by atoms with Gasteiger partial charge in [0.05, 0.1) is 0 Å². The SMILES string of the molecule is CN=C(NN)NCCc1nccn1C. The van der Waals surface area contributed by atoms with Crippen molar-refractivity contribution in [3.8, 4) is 0 Å². The van der Waals surface area contributed by atoms with Crippen molar-refractivity contribution in [2.75, 3.05) is 13.6 Å². The predicted octanol–water partition coefficient (Wildman–Crippen LogP) is -0.999. The maximum Gasteiger partial charge on any atom is 0.205 e. The van der Waals surface area contributed by atoms with Crippen molar-refractivity contribution in [3.05, 3.63) is 18.2 Å². The summed E-state index contributed by atoms with van der Waals surface area (Å²) in [7, 11) is 3.64. The maximum atomic E-state index is 5.21. The highest BCUT2D eigenvalue weighted by atomic mass is 15.3. The standard InChI is InChI=1S/C8H16N6/c1-10-8(13-9)12-4-3-7-11-5-6-14(7)2/h5-6H,3-4,9H2,1-2H3,(H2,10,12,13).